The molecule has 0 aromatic carbocycles. The van der Waals surface area contributed by atoms with Gasteiger partial charge >= 0.3 is 39.5 Å². The second-order valence-corrected chi connectivity index (χ2v) is 35.7. The number of rotatable bonds is 83. The molecular weight excluding hydrogens is 1370 g/mol. The van der Waals surface area contributed by atoms with Gasteiger partial charge < -0.3 is 33.8 Å². The summed E-state index contributed by atoms with van der Waals surface area (Å²) in [7, 11) is -9.93. The van der Waals surface area contributed by atoms with Gasteiger partial charge in [-0.25, -0.2) is 9.13 Å². The smallest absolute Gasteiger partial charge is 0.462 e. The molecule has 0 heterocycles. The number of carbonyl (C=O) groups is 4. The average molecular weight is 1540 g/mol. The van der Waals surface area contributed by atoms with E-state index in [-0.39, 0.29) is 25.7 Å². The summed E-state index contributed by atoms with van der Waals surface area (Å²) in [6.07, 6.45) is 64.1. The standard InChI is InChI=1S/C86H168O17P2/c1-76(2)62-54-46-38-32-26-20-15-11-9-10-12-17-23-30-36-42-52-61-69-86(91)103-82(73-97-84(89)67-59-51-45-44-49-57-65-79(7)8)75-101-105(94,95)99-71-80(87)70-98-104(92,93)100-74-81(72-96-83(88)66-58-50-41-35-29-25-19-22-28-34-40-48-56-64-78(5)6)102-85(90)68-60-53-43-37-31-24-18-14-13-16-21-27-33-39-47-55-63-77(3)4/h76-82,87H,9-75H2,1-8H3,(H,92,93)(H,94,95)/t80?,81-,82-/m1/s1. The van der Waals surface area contributed by atoms with Gasteiger partial charge in [0, 0.05) is 25.7 Å². The predicted octanol–water partition coefficient (Wildman–Crippen LogP) is 25.9. The van der Waals surface area contributed by atoms with Crippen LogP contribution in [0.5, 0.6) is 0 Å². The molecule has 0 saturated carbocycles. The van der Waals surface area contributed by atoms with Crippen molar-refractivity contribution in [2.75, 3.05) is 39.6 Å². The van der Waals surface area contributed by atoms with Gasteiger partial charge in [0.2, 0.25) is 0 Å². The summed E-state index contributed by atoms with van der Waals surface area (Å²) in [6, 6.07) is 0. The molecule has 105 heavy (non-hydrogen) atoms. The Bertz CT molecular complexity index is 2040. The van der Waals surface area contributed by atoms with Crippen LogP contribution in [-0.4, -0.2) is 96.7 Å². The van der Waals surface area contributed by atoms with Crippen LogP contribution in [-0.2, 0) is 65.4 Å². The second-order valence-electron chi connectivity index (χ2n) is 32.8. The van der Waals surface area contributed by atoms with Gasteiger partial charge in [0.1, 0.15) is 19.3 Å². The summed E-state index contributed by atoms with van der Waals surface area (Å²) in [4.78, 5) is 73.2. The number of carbonyl (C=O) groups excluding carboxylic acids is 4. The van der Waals surface area contributed by atoms with Gasteiger partial charge in [-0.05, 0) is 49.4 Å². The van der Waals surface area contributed by atoms with Crippen LogP contribution in [0.25, 0.3) is 0 Å². The van der Waals surface area contributed by atoms with Gasteiger partial charge in [0.15, 0.2) is 12.2 Å². The van der Waals surface area contributed by atoms with Crippen LogP contribution in [0.3, 0.4) is 0 Å². The molecule has 0 aliphatic rings. The number of unbranched alkanes of at least 4 members (excludes halogenated alkanes) is 49. The summed E-state index contributed by atoms with van der Waals surface area (Å²) in [5.41, 5.74) is 0. The van der Waals surface area contributed by atoms with Crippen LogP contribution in [0.15, 0.2) is 0 Å². The van der Waals surface area contributed by atoms with Crippen molar-refractivity contribution in [2.45, 2.75) is 465 Å². The first-order valence-electron chi connectivity index (χ1n) is 44.2. The van der Waals surface area contributed by atoms with Gasteiger partial charge in [-0.3, -0.25) is 37.3 Å². The van der Waals surface area contributed by atoms with Gasteiger partial charge in [0.05, 0.1) is 26.4 Å². The van der Waals surface area contributed by atoms with Crippen molar-refractivity contribution in [3.63, 3.8) is 0 Å². The lowest BCUT2D eigenvalue weighted by atomic mass is 10.0. The molecule has 0 aromatic heterocycles. The van der Waals surface area contributed by atoms with E-state index in [4.69, 9.17) is 37.0 Å². The highest BCUT2D eigenvalue weighted by molar-refractivity contribution is 7.47. The molecule has 0 spiro atoms. The summed E-state index contributed by atoms with van der Waals surface area (Å²) < 4.78 is 68.8. The summed E-state index contributed by atoms with van der Waals surface area (Å²) in [6.45, 7) is 14.3. The maximum absolute atomic E-state index is 13.1. The van der Waals surface area contributed by atoms with Crippen LogP contribution in [0.1, 0.15) is 447 Å². The van der Waals surface area contributed by atoms with Crippen LogP contribution in [0.4, 0.5) is 0 Å². The Morgan fingerprint density at radius 3 is 0.590 bits per heavy atom. The predicted molar refractivity (Wildman–Crippen MR) is 432 cm³/mol. The van der Waals surface area contributed by atoms with Crippen molar-refractivity contribution in [2.24, 2.45) is 23.7 Å². The van der Waals surface area contributed by atoms with Gasteiger partial charge in [0.25, 0.3) is 0 Å². The van der Waals surface area contributed by atoms with E-state index in [0.717, 1.165) is 114 Å². The highest BCUT2D eigenvalue weighted by atomic mass is 31.2. The summed E-state index contributed by atoms with van der Waals surface area (Å²) in [5, 5.41) is 10.7. The molecule has 3 unspecified atom stereocenters. The van der Waals surface area contributed by atoms with Gasteiger partial charge in [-0.2, -0.15) is 0 Å². The molecule has 17 nitrogen and oxygen atoms in total. The summed E-state index contributed by atoms with van der Waals surface area (Å²) in [5.74, 6) is 0.990. The first-order valence-corrected chi connectivity index (χ1v) is 47.2. The van der Waals surface area contributed by atoms with Crippen LogP contribution in [0.2, 0.25) is 0 Å². The highest BCUT2D eigenvalue weighted by Crippen LogP contribution is 2.45. The molecule has 0 aromatic rings. The molecule has 0 rings (SSSR count). The lowest BCUT2D eigenvalue weighted by molar-refractivity contribution is -0.161. The molecule has 19 heteroatoms. The molecule has 0 saturated heterocycles. The monoisotopic (exact) mass is 1540 g/mol. The fourth-order valence-electron chi connectivity index (χ4n) is 13.3. The largest absolute Gasteiger partial charge is 0.472 e. The van der Waals surface area contributed by atoms with Crippen LogP contribution in [0, 0.1) is 23.7 Å². The number of hydrogen-bond acceptors (Lipinski definition) is 15. The minimum absolute atomic E-state index is 0.107. The summed E-state index contributed by atoms with van der Waals surface area (Å²) >= 11 is 0. The Labute approximate surface area is 645 Å². The normalized spacial score (nSPS) is 13.9. The third-order valence-corrected chi connectivity index (χ3v) is 22.0. The maximum atomic E-state index is 13.1. The first-order chi connectivity index (χ1) is 50.6. The minimum atomic E-state index is -4.97. The van der Waals surface area contributed by atoms with Crippen LogP contribution >= 0.6 is 15.6 Å². The van der Waals surface area contributed by atoms with E-state index in [1.807, 2.05) is 0 Å². The van der Waals surface area contributed by atoms with Crippen LogP contribution < -0.4 is 0 Å². The van der Waals surface area contributed by atoms with Crippen molar-refractivity contribution < 1.29 is 80.2 Å². The molecule has 0 aliphatic carbocycles. The Kier molecular flexibility index (Phi) is 73.4. The molecule has 0 aliphatic heterocycles. The molecular formula is C86H168O17P2. The average Bonchev–Trinajstić information content (AvgIpc) is 0.915. The fraction of sp³-hybridized carbons (Fsp3) is 0.953. The first kappa shape index (κ1) is 103. The Balaban J connectivity index is 5.19. The van der Waals surface area contributed by atoms with Crippen molar-refractivity contribution in [3.8, 4) is 0 Å². The molecule has 0 amide bonds. The third-order valence-electron chi connectivity index (χ3n) is 20.1. The number of esters is 4. The van der Waals surface area contributed by atoms with Crippen molar-refractivity contribution in [1.82, 2.24) is 0 Å². The van der Waals surface area contributed by atoms with E-state index in [9.17, 15) is 43.2 Å². The van der Waals surface area contributed by atoms with E-state index in [0.29, 0.717) is 31.6 Å². The second kappa shape index (κ2) is 74.8. The van der Waals surface area contributed by atoms with Gasteiger partial charge in [-0.1, -0.05) is 396 Å². The fourth-order valence-corrected chi connectivity index (χ4v) is 14.9. The van der Waals surface area contributed by atoms with Crippen molar-refractivity contribution >= 4 is 39.5 Å². The van der Waals surface area contributed by atoms with E-state index in [1.165, 1.54) is 244 Å². The number of ether oxygens (including phenoxy) is 4. The molecule has 624 valence electrons. The van der Waals surface area contributed by atoms with E-state index < -0.39 is 97.5 Å². The number of aliphatic hydroxyl groups excluding tert-OH is 1. The zero-order valence-electron chi connectivity index (χ0n) is 69.4. The lowest BCUT2D eigenvalue weighted by Gasteiger charge is -2.21. The Hall–Kier alpha value is -1.94. The SMILES string of the molecule is CC(C)CCCCCCCCCCCCCCCCCCCCC(=O)O[C@H](COC(=O)CCCCCCCCC(C)C)COP(=O)(O)OCC(O)COP(=O)(O)OC[C@@H](COC(=O)CCCCCCCCCCCCCCCC(C)C)OC(=O)CCCCCCCCCCCCCCCCCCC(C)C. The zero-order valence-corrected chi connectivity index (χ0v) is 71.2. The van der Waals surface area contributed by atoms with E-state index >= 15 is 0 Å². The molecule has 0 radical (unpaired) electrons. The molecule has 0 bridgehead atoms. The van der Waals surface area contributed by atoms with E-state index in [1.54, 1.807) is 0 Å². The zero-order chi connectivity index (χ0) is 77.4. The number of phosphoric acid groups is 2. The van der Waals surface area contributed by atoms with Crippen molar-refractivity contribution in [3.05, 3.63) is 0 Å². The Morgan fingerprint density at radius 2 is 0.400 bits per heavy atom. The number of aliphatic hydroxyl groups is 1. The number of hydrogen-bond donors (Lipinski definition) is 3. The molecule has 5 atom stereocenters. The van der Waals surface area contributed by atoms with E-state index in [2.05, 4.69) is 55.4 Å². The Morgan fingerprint density at radius 1 is 0.238 bits per heavy atom. The number of phosphoric ester groups is 2. The topological polar surface area (TPSA) is 237 Å². The van der Waals surface area contributed by atoms with Crippen molar-refractivity contribution in [1.29, 1.82) is 0 Å². The van der Waals surface area contributed by atoms with Gasteiger partial charge in [-0.15, -0.1) is 0 Å². The molecule has 3 N–H and O–H groups in total. The maximum Gasteiger partial charge on any atom is 0.472 e. The lowest BCUT2D eigenvalue weighted by Crippen LogP contribution is -2.30. The highest BCUT2D eigenvalue weighted by Gasteiger charge is 2.30. The third kappa shape index (κ3) is 79.9. The quantitative estimate of drug-likeness (QED) is 0.0222. The minimum Gasteiger partial charge on any atom is -0.462 e. The molecule has 0 fully saturated rings.